The first-order chi connectivity index (χ1) is 16.1. The van der Waals surface area contributed by atoms with Gasteiger partial charge < -0.3 is 14.3 Å². The van der Waals surface area contributed by atoms with Crippen LogP contribution in [0, 0.1) is 6.92 Å². The smallest absolute Gasteiger partial charge is 0.253 e. The van der Waals surface area contributed by atoms with Gasteiger partial charge in [-0.25, -0.2) is 0 Å². The SMILES string of the molecule is Cc1cccc(C(=O)N2CCCN(C(=O)c3ccc4noc(-c5ccccc5)c4c3)CC2)c1. The van der Waals surface area contributed by atoms with Crippen LogP contribution in [0.15, 0.2) is 77.3 Å². The van der Waals surface area contributed by atoms with Crippen molar-refractivity contribution in [1.82, 2.24) is 15.0 Å². The third-order valence-corrected chi connectivity index (χ3v) is 6.09. The highest BCUT2D eigenvalue weighted by Crippen LogP contribution is 2.29. The lowest BCUT2D eigenvalue weighted by Gasteiger charge is -2.22. The standard InChI is InChI=1S/C27H25N3O3/c1-19-7-5-10-21(17-19)26(31)29-13-6-14-30(16-15-29)27(32)22-11-12-24-23(18-22)25(33-28-24)20-8-3-2-4-9-20/h2-5,7-12,17-18H,6,13-16H2,1H3. The molecule has 0 radical (unpaired) electrons. The maximum absolute atomic E-state index is 13.3. The first kappa shape index (κ1) is 20.9. The topological polar surface area (TPSA) is 66.7 Å². The van der Waals surface area contributed by atoms with E-state index >= 15 is 0 Å². The lowest BCUT2D eigenvalue weighted by molar-refractivity contribution is 0.0719. The molecule has 1 saturated heterocycles. The summed E-state index contributed by atoms with van der Waals surface area (Å²) in [6.07, 6.45) is 0.744. The van der Waals surface area contributed by atoms with E-state index in [9.17, 15) is 9.59 Å². The van der Waals surface area contributed by atoms with Crippen LogP contribution >= 0.6 is 0 Å². The van der Waals surface area contributed by atoms with Gasteiger partial charge in [-0.2, -0.15) is 0 Å². The number of fused-ring (bicyclic) bond motifs is 1. The number of nitrogens with zero attached hydrogens (tertiary/aromatic N) is 3. The summed E-state index contributed by atoms with van der Waals surface area (Å²) >= 11 is 0. The molecule has 0 N–H and O–H groups in total. The van der Waals surface area contributed by atoms with Crippen LogP contribution in [0.1, 0.15) is 32.7 Å². The highest BCUT2D eigenvalue weighted by atomic mass is 16.5. The minimum atomic E-state index is -0.0398. The molecule has 0 unspecified atom stereocenters. The average Bonchev–Trinajstić information content (AvgIpc) is 3.11. The Morgan fingerprint density at radius 2 is 1.48 bits per heavy atom. The van der Waals surface area contributed by atoms with Crippen molar-refractivity contribution in [3.63, 3.8) is 0 Å². The molecule has 0 atom stereocenters. The number of carbonyl (C=O) groups excluding carboxylic acids is 2. The third kappa shape index (κ3) is 4.24. The van der Waals surface area contributed by atoms with E-state index in [1.165, 1.54) is 0 Å². The van der Waals surface area contributed by atoms with Crippen molar-refractivity contribution in [3.8, 4) is 11.3 Å². The van der Waals surface area contributed by atoms with Crippen molar-refractivity contribution in [2.24, 2.45) is 0 Å². The number of hydrogen-bond donors (Lipinski definition) is 0. The van der Waals surface area contributed by atoms with Crippen LogP contribution in [-0.4, -0.2) is 52.9 Å². The first-order valence-corrected chi connectivity index (χ1v) is 11.2. The zero-order chi connectivity index (χ0) is 22.8. The van der Waals surface area contributed by atoms with Crippen LogP contribution in [0.3, 0.4) is 0 Å². The summed E-state index contributed by atoms with van der Waals surface area (Å²) < 4.78 is 5.57. The summed E-state index contributed by atoms with van der Waals surface area (Å²) in [4.78, 5) is 30.0. The number of aryl methyl sites for hydroxylation is 1. The van der Waals surface area contributed by atoms with Crippen molar-refractivity contribution >= 4 is 22.7 Å². The molecule has 1 aliphatic heterocycles. The van der Waals surface area contributed by atoms with Crippen molar-refractivity contribution < 1.29 is 14.1 Å². The minimum Gasteiger partial charge on any atom is -0.355 e. The highest BCUT2D eigenvalue weighted by Gasteiger charge is 2.24. The predicted octanol–water partition coefficient (Wildman–Crippen LogP) is 4.79. The first-order valence-electron chi connectivity index (χ1n) is 11.2. The van der Waals surface area contributed by atoms with Crippen molar-refractivity contribution in [1.29, 1.82) is 0 Å². The minimum absolute atomic E-state index is 0.0198. The lowest BCUT2D eigenvalue weighted by Crippen LogP contribution is -2.37. The van der Waals surface area contributed by atoms with E-state index in [4.69, 9.17) is 4.52 Å². The predicted molar refractivity (Wildman–Crippen MR) is 127 cm³/mol. The normalized spacial score (nSPS) is 14.3. The van der Waals surface area contributed by atoms with E-state index in [2.05, 4.69) is 5.16 Å². The molecule has 1 aliphatic rings. The van der Waals surface area contributed by atoms with Crippen LogP contribution in [0.5, 0.6) is 0 Å². The fraction of sp³-hybridized carbons (Fsp3) is 0.222. The molecule has 0 saturated carbocycles. The molecule has 6 nitrogen and oxygen atoms in total. The molecule has 6 heteroatoms. The quantitative estimate of drug-likeness (QED) is 0.460. The lowest BCUT2D eigenvalue weighted by atomic mass is 10.1. The molecule has 1 fully saturated rings. The van der Waals surface area contributed by atoms with Crippen LogP contribution in [0.4, 0.5) is 0 Å². The van der Waals surface area contributed by atoms with E-state index in [-0.39, 0.29) is 11.8 Å². The molecule has 0 spiro atoms. The fourth-order valence-electron chi connectivity index (χ4n) is 4.34. The average molecular weight is 440 g/mol. The zero-order valence-electron chi connectivity index (χ0n) is 18.5. The van der Waals surface area contributed by atoms with Gasteiger partial charge in [-0.15, -0.1) is 0 Å². The second-order valence-corrected chi connectivity index (χ2v) is 8.42. The van der Waals surface area contributed by atoms with E-state index in [0.29, 0.717) is 43.1 Å². The Morgan fingerprint density at radius 1 is 0.788 bits per heavy atom. The molecule has 3 aromatic carbocycles. The van der Waals surface area contributed by atoms with E-state index in [0.717, 1.165) is 28.5 Å². The van der Waals surface area contributed by atoms with Crippen molar-refractivity contribution in [3.05, 3.63) is 89.5 Å². The van der Waals surface area contributed by atoms with E-state index in [1.54, 1.807) is 6.07 Å². The van der Waals surface area contributed by atoms with Crippen LogP contribution in [0.2, 0.25) is 0 Å². The summed E-state index contributed by atoms with van der Waals surface area (Å²) in [5.74, 6) is 0.638. The van der Waals surface area contributed by atoms with Gasteiger partial charge in [0.05, 0.1) is 5.39 Å². The Morgan fingerprint density at radius 3 is 2.18 bits per heavy atom. The molecular weight excluding hydrogens is 414 g/mol. The zero-order valence-corrected chi connectivity index (χ0v) is 18.5. The molecule has 33 heavy (non-hydrogen) atoms. The molecule has 2 amide bonds. The number of aromatic nitrogens is 1. The summed E-state index contributed by atoms with van der Waals surface area (Å²) in [7, 11) is 0. The van der Waals surface area contributed by atoms with Gasteiger partial charge in [0.25, 0.3) is 11.8 Å². The Hall–Kier alpha value is -3.93. The van der Waals surface area contributed by atoms with Gasteiger partial charge in [-0.05, 0) is 43.7 Å². The summed E-state index contributed by atoms with van der Waals surface area (Å²) in [6.45, 7) is 4.26. The van der Waals surface area contributed by atoms with Gasteiger partial charge in [0, 0.05) is 42.9 Å². The molecule has 2 heterocycles. The highest BCUT2D eigenvalue weighted by molar-refractivity contribution is 6.01. The largest absolute Gasteiger partial charge is 0.355 e. The van der Waals surface area contributed by atoms with Crippen LogP contribution < -0.4 is 0 Å². The molecule has 5 rings (SSSR count). The Balaban J connectivity index is 1.34. The summed E-state index contributed by atoms with van der Waals surface area (Å²) in [6, 6.07) is 22.9. The Labute approximate surface area is 192 Å². The van der Waals surface area contributed by atoms with E-state index < -0.39 is 0 Å². The molecule has 166 valence electrons. The summed E-state index contributed by atoms with van der Waals surface area (Å²) in [5.41, 5.74) is 4.00. The van der Waals surface area contributed by atoms with E-state index in [1.807, 2.05) is 83.5 Å². The Bertz CT molecular complexity index is 1310. The molecule has 0 bridgehead atoms. The van der Waals surface area contributed by atoms with Crippen molar-refractivity contribution in [2.75, 3.05) is 26.2 Å². The van der Waals surface area contributed by atoms with Gasteiger partial charge in [-0.1, -0.05) is 53.2 Å². The Kier molecular flexibility index (Phi) is 5.65. The monoisotopic (exact) mass is 439 g/mol. The van der Waals surface area contributed by atoms with Gasteiger partial charge in [0.15, 0.2) is 5.76 Å². The number of amides is 2. The molecule has 4 aromatic rings. The molecule has 0 aliphatic carbocycles. The number of rotatable bonds is 3. The van der Waals surface area contributed by atoms with Gasteiger partial charge >= 0.3 is 0 Å². The molecular formula is C27H25N3O3. The number of carbonyl (C=O) groups is 2. The fourth-order valence-corrected chi connectivity index (χ4v) is 4.34. The maximum Gasteiger partial charge on any atom is 0.253 e. The number of benzene rings is 3. The second kappa shape index (κ2) is 8.90. The van der Waals surface area contributed by atoms with Gasteiger partial charge in [-0.3, -0.25) is 9.59 Å². The van der Waals surface area contributed by atoms with Gasteiger partial charge in [0.2, 0.25) is 0 Å². The van der Waals surface area contributed by atoms with Gasteiger partial charge in [0.1, 0.15) is 5.52 Å². The number of hydrogen-bond acceptors (Lipinski definition) is 4. The maximum atomic E-state index is 13.3. The summed E-state index contributed by atoms with van der Waals surface area (Å²) in [5, 5.41) is 4.96. The van der Waals surface area contributed by atoms with Crippen molar-refractivity contribution in [2.45, 2.75) is 13.3 Å². The van der Waals surface area contributed by atoms with Crippen LogP contribution in [0.25, 0.3) is 22.2 Å². The molecule has 1 aromatic heterocycles. The van der Waals surface area contributed by atoms with Crippen LogP contribution in [-0.2, 0) is 0 Å². The second-order valence-electron chi connectivity index (χ2n) is 8.42. The third-order valence-electron chi connectivity index (χ3n) is 6.09.